The molecule has 2 amide bonds. The molecule has 2 aliphatic rings. The first kappa shape index (κ1) is 13.3. The van der Waals surface area contributed by atoms with Crippen LogP contribution in [0.25, 0.3) is 0 Å². The molecule has 20 heavy (non-hydrogen) atoms. The molecule has 0 radical (unpaired) electrons. The van der Waals surface area contributed by atoms with Crippen LogP contribution in [0.3, 0.4) is 0 Å². The van der Waals surface area contributed by atoms with E-state index in [0.717, 1.165) is 37.5 Å². The number of carbonyl (C=O) groups is 1. The SMILES string of the molecule is C[C@@H](NC(=O)N(C)CCC1CC1)c1nnnn1C1CC1. The van der Waals surface area contributed by atoms with Crippen LogP contribution in [0.1, 0.15) is 56.9 Å². The number of nitrogens with zero attached hydrogens (tertiary/aromatic N) is 5. The minimum absolute atomic E-state index is 0.0523. The van der Waals surface area contributed by atoms with Crippen molar-refractivity contribution < 1.29 is 4.79 Å². The van der Waals surface area contributed by atoms with E-state index in [0.29, 0.717) is 6.04 Å². The number of amides is 2. The molecular formula is C13H22N6O. The van der Waals surface area contributed by atoms with E-state index in [1.54, 1.807) is 4.90 Å². The number of urea groups is 1. The fourth-order valence-corrected chi connectivity index (χ4v) is 2.31. The molecule has 0 spiro atoms. The first-order valence-corrected chi connectivity index (χ1v) is 7.44. The lowest BCUT2D eigenvalue weighted by Gasteiger charge is -2.20. The molecule has 1 N–H and O–H groups in total. The minimum atomic E-state index is -0.165. The van der Waals surface area contributed by atoms with Gasteiger partial charge in [-0.2, -0.15) is 0 Å². The topological polar surface area (TPSA) is 75.9 Å². The van der Waals surface area contributed by atoms with Crippen molar-refractivity contribution in [2.24, 2.45) is 5.92 Å². The van der Waals surface area contributed by atoms with Crippen LogP contribution < -0.4 is 5.32 Å². The van der Waals surface area contributed by atoms with Crippen LogP contribution in [0, 0.1) is 5.92 Å². The highest BCUT2D eigenvalue weighted by molar-refractivity contribution is 5.74. The Hall–Kier alpha value is -1.66. The quantitative estimate of drug-likeness (QED) is 0.855. The zero-order valence-electron chi connectivity index (χ0n) is 12.1. The summed E-state index contributed by atoms with van der Waals surface area (Å²) in [6.45, 7) is 2.74. The highest BCUT2D eigenvalue weighted by atomic mass is 16.2. The smallest absolute Gasteiger partial charge is 0.317 e. The second-order valence-electron chi connectivity index (χ2n) is 6.04. The summed E-state index contributed by atoms with van der Waals surface area (Å²) in [6, 6.07) is 0.205. The summed E-state index contributed by atoms with van der Waals surface area (Å²) in [4.78, 5) is 13.9. The van der Waals surface area contributed by atoms with Gasteiger partial charge in [0.15, 0.2) is 5.82 Å². The summed E-state index contributed by atoms with van der Waals surface area (Å²) in [5.74, 6) is 1.58. The molecule has 1 aromatic heterocycles. The Kier molecular flexibility index (Phi) is 3.58. The summed E-state index contributed by atoms with van der Waals surface area (Å²) >= 11 is 0. The van der Waals surface area contributed by atoms with Gasteiger partial charge in [0, 0.05) is 13.6 Å². The summed E-state index contributed by atoms with van der Waals surface area (Å²) < 4.78 is 1.84. The Bertz CT molecular complexity index is 479. The van der Waals surface area contributed by atoms with Crippen molar-refractivity contribution in [1.29, 1.82) is 0 Å². The number of carbonyl (C=O) groups excluding carboxylic acids is 1. The zero-order valence-corrected chi connectivity index (χ0v) is 12.1. The number of hydrogen-bond acceptors (Lipinski definition) is 4. The second-order valence-corrected chi connectivity index (χ2v) is 6.04. The maximum Gasteiger partial charge on any atom is 0.317 e. The molecule has 1 aromatic rings. The lowest BCUT2D eigenvalue weighted by atomic mass is 10.3. The molecule has 0 bridgehead atoms. The Morgan fingerprint density at radius 2 is 2.20 bits per heavy atom. The van der Waals surface area contributed by atoms with E-state index in [-0.39, 0.29) is 12.1 Å². The summed E-state index contributed by atoms with van der Waals surface area (Å²) in [5.41, 5.74) is 0. The Morgan fingerprint density at radius 3 is 2.85 bits per heavy atom. The van der Waals surface area contributed by atoms with Crippen LogP contribution in [0.15, 0.2) is 0 Å². The van der Waals surface area contributed by atoms with Gasteiger partial charge in [-0.15, -0.1) is 5.10 Å². The van der Waals surface area contributed by atoms with Gasteiger partial charge in [-0.3, -0.25) is 0 Å². The van der Waals surface area contributed by atoms with E-state index in [1.165, 1.54) is 12.8 Å². The Balaban J connectivity index is 1.52. The molecule has 7 nitrogen and oxygen atoms in total. The van der Waals surface area contributed by atoms with Crippen LogP contribution in [0.4, 0.5) is 4.79 Å². The van der Waals surface area contributed by atoms with Gasteiger partial charge < -0.3 is 10.2 Å². The zero-order chi connectivity index (χ0) is 14.1. The van der Waals surface area contributed by atoms with Gasteiger partial charge >= 0.3 is 6.03 Å². The average Bonchev–Trinajstić information content (AvgIpc) is 3.35. The number of aromatic nitrogens is 4. The highest BCUT2D eigenvalue weighted by Crippen LogP contribution is 2.35. The average molecular weight is 278 g/mol. The fourth-order valence-electron chi connectivity index (χ4n) is 2.31. The molecule has 2 fully saturated rings. The van der Waals surface area contributed by atoms with Crippen molar-refractivity contribution in [2.75, 3.05) is 13.6 Å². The van der Waals surface area contributed by atoms with Crippen molar-refractivity contribution in [1.82, 2.24) is 30.4 Å². The summed E-state index contributed by atoms with van der Waals surface area (Å²) in [7, 11) is 1.84. The van der Waals surface area contributed by atoms with Gasteiger partial charge in [-0.1, -0.05) is 12.8 Å². The molecule has 0 saturated heterocycles. The van der Waals surface area contributed by atoms with Gasteiger partial charge in [-0.05, 0) is 42.5 Å². The van der Waals surface area contributed by atoms with Gasteiger partial charge in [0.05, 0.1) is 12.1 Å². The molecular weight excluding hydrogens is 256 g/mol. The van der Waals surface area contributed by atoms with Gasteiger partial charge in [0.1, 0.15) is 0 Å². The van der Waals surface area contributed by atoms with Gasteiger partial charge in [0.25, 0.3) is 0 Å². The number of rotatable bonds is 6. The van der Waals surface area contributed by atoms with Crippen molar-refractivity contribution in [3.05, 3.63) is 5.82 Å². The Labute approximate surface area is 118 Å². The maximum absolute atomic E-state index is 12.1. The highest BCUT2D eigenvalue weighted by Gasteiger charge is 2.30. The number of tetrazole rings is 1. The van der Waals surface area contributed by atoms with Crippen molar-refractivity contribution in [2.45, 2.75) is 51.1 Å². The molecule has 1 heterocycles. The van der Waals surface area contributed by atoms with Crippen molar-refractivity contribution in [3.63, 3.8) is 0 Å². The molecule has 110 valence electrons. The number of hydrogen-bond donors (Lipinski definition) is 1. The molecule has 0 aromatic carbocycles. The van der Waals surface area contributed by atoms with E-state index in [1.807, 2.05) is 18.7 Å². The molecule has 1 atom stereocenters. The van der Waals surface area contributed by atoms with Crippen LogP contribution in [0.5, 0.6) is 0 Å². The van der Waals surface area contributed by atoms with E-state index < -0.39 is 0 Å². The lowest BCUT2D eigenvalue weighted by Crippen LogP contribution is -2.39. The van der Waals surface area contributed by atoms with E-state index >= 15 is 0 Å². The largest absolute Gasteiger partial charge is 0.328 e. The Morgan fingerprint density at radius 1 is 1.45 bits per heavy atom. The predicted octanol–water partition coefficient (Wildman–Crippen LogP) is 1.51. The molecule has 3 rings (SSSR count). The normalized spacial score (nSPS) is 19.7. The van der Waals surface area contributed by atoms with Gasteiger partial charge in [0.2, 0.25) is 0 Å². The van der Waals surface area contributed by atoms with Crippen LogP contribution in [0.2, 0.25) is 0 Å². The molecule has 2 saturated carbocycles. The standard InChI is InChI=1S/C13H22N6O/c1-9(12-15-16-17-19(12)11-5-6-11)14-13(20)18(2)8-7-10-3-4-10/h9-11H,3-8H2,1-2H3,(H,14,20)/t9-/m1/s1. The second kappa shape index (κ2) is 5.38. The van der Waals surface area contributed by atoms with Crippen LogP contribution >= 0.6 is 0 Å². The summed E-state index contributed by atoms with van der Waals surface area (Å²) in [6.07, 6.45) is 6.00. The van der Waals surface area contributed by atoms with Crippen molar-refractivity contribution in [3.8, 4) is 0 Å². The van der Waals surface area contributed by atoms with E-state index in [4.69, 9.17) is 0 Å². The van der Waals surface area contributed by atoms with E-state index in [2.05, 4.69) is 20.8 Å². The molecule has 7 heteroatoms. The first-order chi connectivity index (χ1) is 9.65. The third-order valence-electron chi connectivity index (χ3n) is 4.05. The van der Waals surface area contributed by atoms with Crippen LogP contribution in [-0.2, 0) is 0 Å². The molecule has 2 aliphatic carbocycles. The fraction of sp³-hybridized carbons (Fsp3) is 0.846. The maximum atomic E-state index is 12.1. The first-order valence-electron chi connectivity index (χ1n) is 7.44. The lowest BCUT2D eigenvalue weighted by molar-refractivity contribution is 0.203. The summed E-state index contributed by atoms with van der Waals surface area (Å²) in [5, 5.41) is 14.7. The third kappa shape index (κ3) is 3.08. The number of nitrogens with one attached hydrogen (secondary N) is 1. The minimum Gasteiger partial charge on any atom is -0.328 e. The third-order valence-corrected chi connectivity index (χ3v) is 4.05. The monoisotopic (exact) mass is 278 g/mol. The van der Waals surface area contributed by atoms with E-state index in [9.17, 15) is 4.79 Å². The van der Waals surface area contributed by atoms with Crippen molar-refractivity contribution >= 4 is 6.03 Å². The predicted molar refractivity (Wildman–Crippen MR) is 73.0 cm³/mol. The van der Waals surface area contributed by atoms with Gasteiger partial charge in [-0.25, -0.2) is 9.48 Å². The van der Waals surface area contributed by atoms with Crippen LogP contribution in [-0.4, -0.2) is 44.7 Å². The molecule has 0 aliphatic heterocycles. The molecule has 0 unspecified atom stereocenters.